The van der Waals surface area contributed by atoms with Crippen molar-refractivity contribution >= 4 is 23.4 Å². The Morgan fingerprint density at radius 3 is 2.74 bits per heavy atom. The van der Waals surface area contributed by atoms with Gasteiger partial charge < -0.3 is 14.6 Å². The van der Waals surface area contributed by atoms with E-state index in [0.29, 0.717) is 17.6 Å². The topological polar surface area (TPSA) is 69.0 Å². The van der Waals surface area contributed by atoms with Crippen LogP contribution in [0, 0.1) is 13.8 Å². The quantitative estimate of drug-likeness (QED) is 0.631. The van der Waals surface area contributed by atoms with E-state index in [2.05, 4.69) is 15.5 Å². The first-order valence-electron chi connectivity index (χ1n) is 8.59. The number of anilines is 1. The minimum absolute atomic E-state index is 0.0742. The van der Waals surface area contributed by atoms with Crippen LogP contribution in [0.15, 0.2) is 53.7 Å². The molecule has 1 heterocycles. The molecule has 0 spiro atoms. The fourth-order valence-electron chi connectivity index (χ4n) is 2.48. The van der Waals surface area contributed by atoms with E-state index in [1.165, 1.54) is 11.8 Å². The van der Waals surface area contributed by atoms with Gasteiger partial charge in [0.05, 0.1) is 5.75 Å². The number of hydrogen-bond donors (Lipinski definition) is 1. The summed E-state index contributed by atoms with van der Waals surface area (Å²) < 4.78 is 7.62. The molecule has 27 heavy (non-hydrogen) atoms. The number of hydrogen-bond acceptors (Lipinski definition) is 5. The summed E-state index contributed by atoms with van der Waals surface area (Å²) in [6, 6.07) is 15.6. The lowest BCUT2D eigenvalue weighted by Gasteiger charge is -2.08. The van der Waals surface area contributed by atoms with Crippen LogP contribution in [0.3, 0.4) is 0 Å². The van der Waals surface area contributed by atoms with Gasteiger partial charge in [0.25, 0.3) is 0 Å². The molecule has 6 nitrogen and oxygen atoms in total. The van der Waals surface area contributed by atoms with Crippen molar-refractivity contribution in [2.45, 2.75) is 25.6 Å². The Balaban J connectivity index is 1.54. The summed E-state index contributed by atoms with van der Waals surface area (Å²) in [5.41, 5.74) is 3.00. The van der Waals surface area contributed by atoms with Gasteiger partial charge >= 0.3 is 0 Å². The van der Waals surface area contributed by atoms with E-state index in [-0.39, 0.29) is 11.7 Å². The highest BCUT2D eigenvalue weighted by molar-refractivity contribution is 7.99. The van der Waals surface area contributed by atoms with Crippen molar-refractivity contribution in [3.63, 3.8) is 0 Å². The number of aryl methyl sites for hydroxylation is 2. The highest BCUT2D eigenvalue weighted by atomic mass is 32.2. The summed E-state index contributed by atoms with van der Waals surface area (Å²) >= 11 is 1.35. The van der Waals surface area contributed by atoms with Crippen LogP contribution in [0.2, 0.25) is 0 Å². The molecule has 140 valence electrons. The molecule has 0 unspecified atom stereocenters. The molecule has 3 aromatic rings. The molecule has 2 aromatic carbocycles. The molecular formula is C20H22N4O2S. The van der Waals surface area contributed by atoms with Crippen molar-refractivity contribution in [1.29, 1.82) is 0 Å². The van der Waals surface area contributed by atoms with E-state index < -0.39 is 0 Å². The molecular weight excluding hydrogens is 360 g/mol. The number of thioether (sulfide) groups is 1. The molecule has 0 bridgehead atoms. The molecule has 0 radical (unpaired) electrons. The first-order valence-corrected chi connectivity index (χ1v) is 9.57. The van der Waals surface area contributed by atoms with Gasteiger partial charge in [0.2, 0.25) is 5.91 Å². The van der Waals surface area contributed by atoms with Crippen molar-refractivity contribution < 1.29 is 9.53 Å². The number of benzene rings is 2. The summed E-state index contributed by atoms with van der Waals surface area (Å²) in [5, 5.41) is 11.9. The summed E-state index contributed by atoms with van der Waals surface area (Å²) in [6.45, 7) is 4.31. The Labute approximate surface area is 163 Å². The lowest BCUT2D eigenvalue weighted by Crippen LogP contribution is -2.15. The third kappa shape index (κ3) is 5.10. The van der Waals surface area contributed by atoms with Crippen LogP contribution < -0.4 is 10.1 Å². The first-order chi connectivity index (χ1) is 13.0. The number of nitrogens with one attached hydrogen (secondary N) is 1. The number of ether oxygens (including phenoxy) is 1. The molecule has 1 amide bonds. The van der Waals surface area contributed by atoms with Crippen LogP contribution >= 0.6 is 11.8 Å². The van der Waals surface area contributed by atoms with E-state index in [0.717, 1.165) is 22.6 Å². The van der Waals surface area contributed by atoms with E-state index in [1.807, 2.05) is 74.0 Å². The Morgan fingerprint density at radius 2 is 1.96 bits per heavy atom. The predicted molar refractivity (Wildman–Crippen MR) is 107 cm³/mol. The van der Waals surface area contributed by atoms with Crippen molar-refractivity contribution in [1.82, 2.24) is 14.8 Å². The van der Waals surface area contributed by atoms with Crippen molar-refractivity contribution in [2.75, 3.05) is 11.1 Å². The zero-order chi connectivity index (χ0) is 19.2. The molecule has 0 aliphatic carbocycles. The van der Waals surface area contributed by atoms with Gasteiger partial charge in [-0.25, -0.2) is 0 Å². The molecule has 1 N–H and O–H groups in total. The minimum Gasteiger partial charge on any atom is -0.486 e. The van der Waals surface area contributed by atoms with Crippen LogP contribution in [0.25, 0.3) is 0 Å². The largest absolute Gasteiger partial charge is 0.486 e. The van der Waals surface area contributed by atoms with Crippen LogP contribution in [0.1, 0.15) is 17.0 Å². The summed E-state index contributed by atoms with van der Waals surface area (Å²) in [6.07, 6.45) is 0. The van der Waals surface area contributed by atoms with Gasteiger partial charge in [0.15, 0.2) is 11.0 Å². The fourth-order valence-corrected chi connectivity index (χ4v) is 3.21. The summed E-state index contributed by atoms with van der Waals surface area (Å²) in [5.74, 6) is 1.69. The van der Waals surface area contributed by atoms with Crippen LogP contribution in [-0.4, -0.2) is 26.4 Å². The second kappa shape index (κ2) is 8.73. The highest BCUT2D eigenvalue weighted by Crippen LogP contribution is 2.19. The van der Waals surface area contributed by atoms with E-state index >= 15 is 0 Å². The second-order valence-electron chi connectivity index (χ2n) is 6.21. The van der Waals surface area contributed by atoms with Crippen LogP contribution in [0.5, 0.6) is 5.75 Å². The Hall–Kier alpha value is -2.80. The third-order valence-electron chi connectivity index (χ3n) is 4.03. The molecule has 1 aromatic heterocycles. The molecule has 0 saturated heterocycles. The number of amides is 1. The number of aromatic nitrogens is 3. The average molecular weight is 382 g/mol. The normalized spacial score (nSPS) is 10.6. The highest BCUT2D eigenvalue weighted by Gasteiger charge is 2.12. The lowest BCUT2D eigenvalue weighted by atomic mass is 10.2. The lowest BCUT2D eigenvalue weighted by molar-refractivity contribution is -0.113. The standard InChI is InChI=1S/C20H22N4O2S/c1-14-7-6-9-16(11-14)26-12-18-22-23-20(24(18)3)27-13-19(25)21-17-10-5-4-8-15(17)2/h4-11H,12-13H2,1-3H3,(H,21,25). The predicted octanol–water partition coefficient (Wildman–Crippen LogP) is 3.74. The van der Waals surface area contributed by atoms with Crippen molar-refractivity contribution in [2.24, 2.45) is 7.05 Å². The van der Waals surface area contributed by atoms with E-state index in [9.17, 15) is 4.79 Å². The molecule has 0 fully saturated rings. The summed E-state index contributed by atoms with van der Waals surface area (Å²) in [4.78, 5) is 12.2. The monoisotopic (exact) mass is 382 g/mol. The van der Waals surface area contributed by atoms with Crippen molar-refractivity contribution in [3.8, 4) is 5.75 Å². The van der Waals surface area contributed by atoms with E-state index in [4.69, 9.17) is 4.74 Å². The van der Waals surface area contributed by atoms with Gasteiger partial charge in [0.1, 0.15) is 12.4 Å². The van der Waals surface area contributed by atoms with Gasteiger partial charge in [-0.3, -0.25) is 4.79 Å². The molecule has 0 saturated carbocycles. The second-order valence-corrected chi connectivity index (χ2v) is 7.16. The number of carbonyl (C=O) groups is 1. The van der Waals surface area contributed by atoms with Crippen LogP contribution in [-0.2, 0) is 18.4 Å². The smallest absolute Gasteiger partial charge is 0.234 e. The summed E-state index contributed by atoms with van der Waals surface area (Å²) in [7, 11) is 1.87. The Kier molecular flexibility index (Phi) is 6.13. The molecule has 0 aliphatic rings. The van der Waals surface area contributed by atoms with Gasteiger partial charge in [0, 0.05) is 12.7 Å². The SMILES string of the molecule is Cc1cccc(OCc2nnc(SCC(=O)Nc3ccccc3C)n2C)c1. The number of para-hydroxylation sites is 1. The molecule has 0 aliphatic heterocycles. The molecule has 7 heteroatoms. The Bertz CT molecular complexity index is 939. The number of rotatable bonds is 7. The van der Waals surface area contributed by atoms with Gasteiger partial charge in [-0.05, 0) is 43.2 Å². The van der Waals surface area contributed by atoms with Gasteiger partial charge in [-0.15, -0.1) is 10.2 Å². The average Bonchev–Trinajstić information content (AvgIpc) is 3.00. The fraction of sp³-hybridized carbons (Fsp3) is 0.250. The number of carbonyl (C=O) groups excluding carboxylic acids is 1. The zero-order valence-corrected chi connectivity index (χ0v) is 16.4. The maximum absolute atomic E-state index is 12.2. The maximum atomic E-state index is 12.2. The third-order valence-corrected chi connectivity index (χ3v) is 5.05. The van der Waals surface area contributed by atoms with Gasteiger partial charge in [-0.2, -0.15) is 0 Å². The first kappa shape index (κ1) is 19.0. The maximum Gasteiger partial charge on any atom is 0.234 e. The van der Waals surface area contributed by atoms with Crippen molar-refractivity contribution in [3.05, 3.63) is 65.5 Å². The minimum atomic E-state index is -0.0742. The zero-order valence-electron chi connectivity index (χ0n) is 15.6. The van der Waals surface area contributed by atoms with Gasteiger partial charge in [-0.1, -0.05) is 42.1 Å². The molecule has 0 atom stereocenters. The molecule has 3 rings (SSSR count). The Morgan fingerprint density at radius 1 is 1.15 bits per heavy atom. The number of nitrogens with zero attached hydrogens (tertiary/aromatic N) is 3. The van der Waals surface area contributed by atoms with E-state index in [1.54, 1.807) is 0 Å². The van der Waals surface area contributed by atoms with Crippen LogP contribution in [0.4, 0.5) is 5.69 Å².